The molecule has 0 saturated heterocycles. The fraction of sp³-hybridized carbons (Fsp3) is 0.312. The van der Waals surface area contributed by atoms with Crippen molar-refractivity contribution in [2.75, 3.05) is 10.6 Å². The van der Waals surface area contributed by atoms with Gasteiger partial charge in [0.25, 0.3) is 5.91 Å². The SMILES string of the molecule is Cc1cccc(F)c1NC(=O)c1cnc(Cl)nc1NC1CCC1. The van der Waals surface area contributed by atoms with E-state index < -0.39 is 11.7 Å². The van der Waals surface area contributed by atoms with Crippen molar-refractivity contribution in [2.24, 2.45) is 0 Å². The van der Waals surface area contributed by atoms with Gasteiger partial charge < -0.3 is 10.6 Å². The quantitative estimate of drug-likeness (QED) is 0.835. The molecule has 7 heteroatoms. The Morgan fingerprint density at radius 3 is 2.83 bits per heavy atom. The second-order valence-electron chi connectivity index (χ2n) is 5.56. The Morgan fingerprint density at radius 2 is 2.17 bits per heavy atom. The van der Waals surface area contributed by atoms with Crippen LogP contribution in [-0.2, 0) is 0 Å². The van der Waals surface area contributed by atoms with Crippen LogP contribution in [0.4, 0.5) is 15.9 Å². The van der Waals surface area contributed by atoms with Gasteiger partial charge in [-0.3, -0.25) is 4.79 Å². The van der Waals surface area contributed by atoms with Crippen molar-refractivity contribution in [2.45, 2.75) is 32.2 Å². The summed E-state index contributed by atoms with van der Waals surface area (Å²) in [5, 5.41) is 5.84. The number of amides is 1. The maximum Gasteiger partial charge on any atom is 0.261 e. The van der Waals surface area contributed by atoms with E-state index in [1.54, 1.807) is 19.1 Å². The number of aryl methyl sites for hydroxylation is 1. The molecule has 1 aliphatic carbocycles. The second-order valence-corrected chi connectivity index (χ2v) is 5.90. The zero-order valence-corrected chi connectivity index (χ0v) is 13.3. The van der Waals surface area contributed by atoms with Gasteiger partial charge in [-0.15, -0.1) is 0 Å². The Hall–Kier alpha value is -2.21. The van der Waals surface area contributed by atoms with E-state index in [-0.39, 0.29) is 22.6 Å². The fourth-order valence-electron chi connectivity index (χ4n) is 2.35. The Balaban J connectivity index is 1.86. The number of carbonyl (C=O) groups is 1. The molecule has 2 N–H and O–H groups in total. The van der Waals surface area contributed by atoms with Crippen LogP contribution in [0.2, 0.25) is 5.28 Å². The predicted molar refractivity (Wildman–Crippen MR) is 87.4 cm³/mol. The van der Waals surface area contributed by atoms with Crippen molar-refractivity contribution >= 4 is 29.0 Å². The van der Waals surface area contributed by atoms with E-state index >= 15 is 0 Å². The van der Waals surface area contributed by atoms with Crippen LogP contribution in [0.1, 0.15) is 35.2 Å². The monoisotopic (exact) mass is 334 g/mol. The maximum absolute atomic E-state index is 13.9. The number of halogens is 2. The minimum Gasteiger partial charge on any atom is -0.367 e. The molecule has 0 atom stereocenters. The van der Waals surface area contributed by atoms with Gasteiger partial charge in [0.1, 0.15) is 17.2 Å². The number of hydrogen-bond acceptors (Lipinski definition) is 4. The van der Waals surface area contributed by atoms with Crippen LogP contribution in [-0.4, -0.2) is 21.9 Å². The maximum atomic E-state index is 13.9. The molecule has 23 heavy (non-hydrogen) atoms. The van der Waals surface area contributed by atoms with E-state index in [0.29, 0.717) is 11.4 Å². The van der Waals surface area contributed by atoms with Gasteiger partial charge in [-0.25, -0.2) is 9.37 Å². The predicted octanol–water partition coefficient (Wildman–Crippen LogP) is 3.79. The summed E-state index contributed by atoms with van der Waals surface area (Å²) < 4.78 is 13.9. The van der Waals surface area contributed by atoms with Gasteiger partial charge in [0, 0.05) is 12.2 Å². The molecular weight excluding hydrogens is 319 g/mol. The molecule has 1 amide bonds. The molecule has 1 fully saturated rings. The first-order valence-corrected chi connectivity index (χ1v) is 7.78. The highest BCUT2D eigenvalue weighted by Gasteiger charge is 2.22. The first-order valence-electron chi connectivity index (χ1n) is 7.40. The lowest BCUT2D eigenvalue weighted by atomic mass is 9.93. The number of anilines is 2. The van der Waals surface area contributed by atoms with E-state index in [0.717, 1.165) is 19.3 Å². The van der Waals surface area contributed by atoms with Gasteiger partial charge in [0.2, 0.25) is 5.28 Å². The third-order valence-corrected chi connectivity index (χ3v) is 4.09. The summed E-state index contributed by atoms with van der Waals surface area (Å²) in [7, 11) is 0. The fourth-order valence-corrected chi connectivity index (χ4v) is 2.49. The number of aromatic nitrogens is 2. The first kappa shape index (κ1) is 15.7. The lowest BCUT2D eigenvalue weighted by Crippen LogP contribution is -2.29. The molecule has 2 aromatic rings. The number of benzene rings is 1. The van der Waals surface area contributed by atoms with E-state index in [2.05, 4.69) is 20.6 Å². The van der Waals surface area contributed by atoms with Crippen LogP contribution in [0.5, 0.6) is 0 Å². The van der Waals surface area contributed by atoms with Gasteiger partial charge in [-0.2, -0.15) is 4.98 Å². The second kappa shape index (κ2) is 6.50. The normalized spacial score (nSPS) is 14.2. The largest absolute Gasteiger partial charge is 0.367 e. The van der Waals surface area contributed by atoms with E-state index in [1.165, 1.54) is 12.3 Å². The molecular formula is C16H16ClFN4O. The molecule has 0 aliphatic heterocycles. The number of nitrogens with zero attached hydrogens (tertiary/aromatic N) is 2. The smallest absolute Gasteiger partial charge is 0.261 e. The summed E-state index contributed by atoms with van der Waals surface area (Å²) in [6, 6.07) is 4.90. The average Bonchev–Trinajstić information content (AvgIpc) is 2.47. The molecule has 1 aromatic heterocycles. The summed E-state index contributed by atoms with van der Waals surface area (Å²) in [6.45, 7) is 1.73. The summed E-state index contributed by atoms with van der Waals surface area (Å²) in [5.41, 5.74) is 1.03. The minimum atomic E-state index is -0.485. The van der Waals surface area contributed by atoms with Crippen molar-refractivity contribution in [1.29, 1.82) is 0 Å². The van der Waals surface area contributed by atoms with E-state index in [9.17, 15) is 9.18 Å². The molecule has 0 bridgehead atoms. The highest BCUT2D eigenvalue weighted by Crippen LogP contribution is 2.26. The lowest BCUT2D eigenvalue weighted by molar-refractivity contribution is 0.102. The van der Waals surface area contributed by atoms with Crippen molar-refractivity contribution in [3.63, 3.8) is 0 Å². The van der Waals surface area contributed by atoms with Crippen molar-refractivity contribution in [1.82, 2.24) is 9.97 Å². The van der Waals surface area contributed by atoms with Crippen LogP contribution in [0.15, 0.2) is 24.4 Å². The number of para-hydroxylation sites is 1. The van der Waals surface area contributed by atoms with Crippen LogP contribution in [0.25, 0.3) is 0 Å². The van der Waals surface area contributed by atoms with E-state index in [4.69, 9.17) is 11.6 Å². The zero-order chi connectivity index (χ0) is 16.4. The Morgan fingerprint density at radius 1 is 1.39 bits per heavy atom. The third kappa shape index (κ3) is 3.42. The zero-order valence-electron chi connectivity index (χ0n) is 12.6. The van der Waals surface area contributed by atoms with Gasteiger partial charge in [0.05, 0.1) is 5.69 Å². The number of hydrogen-bond donors (Lipinski definition) is 2. The van der Waals surface area contributed by atoms with Crippen LogP contribution in [0, 0.1) is 12.7 Å². The standard InChI is InChI=1S/C16H16ClFN4O/c1-9-4-2-7-12(18)13(9)21-15(23)11-8-19-16(17)22-14(11)20-10-5-3-6-10/h2,4,7-8,10H,3,5-6H2,1H3,(H,21,23)(H,19,20,22). The topological polar surface area (TPSA) is 66.9 Å². The van der Waals surface area contributed by atoms with Crippen molar-refractivity contribution < 1.29 is 9.18 Å². The van der Waals surface area contributed by atoms with Gasteiger partial charge in [0.15, 0.2) is 0 Å². The van der Waals surface area contributed by atoms with Crippen LogP contribution in [0.3, 0.4) is 0 Å². The Bertz CT molecular complexity index is 729. The average molecular weight is 335 g/mol. The molecule has 1 aromatic carbocycles. The van der Waals surface area contributed by atoms with Crippen LogP contribution >= 0.6 is 11.6 Å². The summed E-state index contributed by atoms with van der Waals surface area (Å²) in [4.78, 5) is 20.4. The number of nitrogens with one attached hydrogen (secondary N) is 2. The van der Waals surface area contributed by atoms with E-state index in [1.807, 2.05) is 0 Å². The molecule has 120 valence electrons. The molecule has 0 unspecified atom stereocenters. The summed E-state index contributed by atoms with van der Waals surface area (Å²) in [5.74, 6) is -0.584. The highest BCUT2D eigenvalue weighted by molar-refractivity contribution is 6.28. The van der Waals surface area contributed by atoms with Gasteiger partial charge in [-0.05, 0) is 49.4 Å². The first-order chi connectivity index (χ1) is 11.0. The van der Waals surface area contributed by atoms with Gasteiger partial charge in [-0.1, -0.05) is 12.1 Å². The third-order valence-electron chi connectivity index (χ3n) is 3.91. The number of rotatable bonds is 4. The highest BCUT2D eigenvalue weighted by atomic mass is 35.5. The Labute approximate surface area is 138 Å². The molecule has 3 rings (SSSR count). The molecule has 0 spiro atoms. The van der Waals surface area contributed by atoms with Crippen molar-refractivity contribution in [3.05, 3.63) is 46.6 Å². The van der Waals surface area contributed by atoms with Crippen molar-refractivity contribution in [3.8, 4) is 0 Å². The summed E-state index contributed by atoms with van der Waals surface area (Å²) in [6.07, 6.45) is 4.54. The summed E-state index contributed by atoms with van der Waals surface area (Å²) >= 11 is 5.82. The van der Waals surface area contributed by atoms with Crippen LogP contribution < -0.4 is 10.6 Å². The van der Waals surface area contributed by atoms with Gasteiger partial charge >= 0.3 is 0 Å². The molecule has 1 heterocycles. The lowest BCUT2D eigenvalue weighted by Gasteiger charge is -2.27. The molecule has 1 aliphatic rings. The molecule has 1 saturated carbocycles. The number of carbonyl (C=O) groups excluding carboxylic acids is 1. The Kier molecular flexibility index (Phi) is 4.43. The molecule has 5 nitrogen and oxygen atoms in total. The minimum absolute atomic E-state index is 0.0606. The molecule has 0 radical (unpaired) electrons.